The minimum absolute atomic E-state index is 0.0669. The second-order valence-corrected chi connectivity index (χ2v) is 10.7. The molecule has 35 heavy (non-hydrogen) atoms. The first-order valence-electron chi connectivity index (χ1n) is 11.9. The summed E-state index contributed by atoms with van der Waals surface area (Å²) in [6, 6.07) is 3.30. The SMILES string of the molecule is CCOCCS(=O)(=O)N[C@@H](CNC(=O)c1ccc2c(c1)C(=O)N(CCC1CCNCC1)C2)C(=O)O. The monoisotopic (exact) mass is 510 g/mol. The van der Waals surface area contributed by atoms with Gasteiger partial charge in [-0.2, -0.15) is 4.72 Å². The first-order chi connectivity index (χ1) is 16.7. The Labute approximate surface area is 205 Å². The van der Waals surface area contributed by atoms with Crippen LogP contribution >= 0.6 is 0 Å². The summed E-state index contributed by atoms with van der Waals surface area (Å²) in [6.45, 7) is 4.74. The Morgan fingerprint density at radius 1 is 1.29 bits per heavy atom. The summed E-state index contributed by atoms with van der Waals surface area (Å²) in [5.41, 5.74) is 1.53. The summed E-state index contributed by atoms with van der Waals surface area (Å²) < 4.78 is 31.2. The van der Waals surface area contributed by atoms with Crippen molar-refractivity contribution in [1.82, 2.24) is 20.3 Å². The molecule has 0 unspecified atom stereocenters. The summed E-state index contributed by atoms with van der Waals surface area (Å²) in [7, 11) is -3.91. The topological polar surface area (TPSA) is 154 Å². The van der Waals surface area contributed by atoms with Crippen molar-refractivity contribution in [2.45, 2.75) is 38.8 Å². The number of carbonyl (C=O) groups excluding carboxylic acids is 2. The number of piperidine rings is 1. The average Bonchev–Trinajstić information content (AvgIpc) is 3.15. The summed E-state index contributed by atoms with van der Waals surface area (Å²) in [5, 5.41) is 15.1. The fraction of sp³-hybridized carbons (Fsp3) is 0.609. The van der Waals surface area contributed by atoms with Gasteiger partial charge in [-0.05, 0) is 62.9 Å². The first-order valence-corrected chi connectivity index (χ1v) is 13.6. The molecule has 2 aliphatic heterocycles. The predicted molar refractivity (Wildman–Crippen MR) is 129 cm³/mol. The second kappa shape index (κ2) is 12.4. The zero-order valence-electron chi connectivity index (χ0n) is 19.9. The molecule has 1 atom stereocenters. The molecule has 0 radical (unpaired) electrons. The van der Waals surface area contributed by atoms with Gasteiger partial charge in [0.25, 0.3) is 11.8 Å². The predicted octanol–water partition coefficient (Wildman–Crippen LogP) is 0.171. The molecule has 2 aliphatic rings. The third-order valence-electron chi connectivity index (χ3n) is 6.30. The molecule has 1 saturated heterocycles. The maximum Gasteiger partial charge on any atom is 0.323 e. The lowest BCUT2D eigenvalue weighted by Gasteiger charge is -2.25. The van der Waals surface area contributed by atoms with E-state index >= 15 is 0 Å². The van der Waals surface area contributed by atoms with E-state index in [4.69, 9.17) is 4.74 Å². The third-order valence-corrected chi connectivity index (χ3v) is 7.65. The van der Waals surface area contributed by atoms with Crippen molar-refractivity contribution in [2.75, 3.05) is 45.1 Å². The Morgan fingerprint density at radius 2 is 2.03 bits per heavy atom. The van der Waals surface area contributed by atoms with Gasteiger partial charge in [0, 0.05) is 37.4 Å². The quantitative estimate of drug-likeness (QED) is 0.274. The Hall–Kier alpha value is -2.54. The molecule has 2 amide bonds. The summed E-state index contributed by atoms with van der Waals surface area (Å²) >= 11 is 0. The lowest BCUT2D eigenvalue weighted by atomic mass is 9.94. The number of ether oxygens (including phenoxy) is 1. The molecule has 2 heterocycles. The van der Waals surface area contributed by atoms with Crippen molar-refractivity contribution >= 4 is 27.8 Å². The largest absolute Gasteiger partial charge is 0.480 e. The van der Waals surface area contributed by atoms with Gasteiger partial charge in [-0.1, -0.05) is 6.07 Å². The minimum atomic E-state index is -3.91. The van der Waals surface area contributed by atoms with E-state index in [-0.39, 0.29) is 23.8 Å². The maximum absolute atomic E-state index is 12.9. The van der Waals surface area contributed by atoms with Crippen molar-refractivity contribution in [2.24, 2.45) is 5.92 Å². The van der Waals surface area contributed by atoms with Crippen LogP contribution in [0.1, 0.15) is 52.5 Å². The third kappa shape index (κ3) is 7.72. The highest BCUT2D eigenvalue weighted by molar-refractivity contribution is 7.89. The highest BCUT2D eigenvalue weighted by Crippen LogP contribution is 2.26. The molecule has 0 aliphatic carbocycles. The zero-order chi connectivity index (χ0) is 25.4. The highest BCUT2D eigenvalue weighted by Gasteiger charge is 2.29. The van der Waals surface area contributed by atoms with Crippen LogP contribution in [0, 0.1) is 5.92 Å². The molecule has 1 aromatic rings. The Morgan fingerprint density at radius 3 is 2.71 bits per heavy atom. The fourth-order valence-corrected chi connectivity index (χ4v) is 5.33. The zero-order valence-corrected chi connectivity index (χ0v) is 20.7. The number of amides is 2. The van der Waals surface area contributed by atoms with Gasteiger partial charge in [-0.3, -0.25) is 14.4 Å². The number of rotatable bonds is 13. The van der Waals surface area contributed by atoms with Crippen molar-refractivity contribution in [1.29, 1.82) is 0 Å². The Balaban J connectivity index is 1.55. The minimum Gasteiger partial charge on any atom is -0.480 e. The van der Waals surface area contributed by atoms with Crippen LogP contribution in [0.4, 0.5) is 0 Å². The molecule has 12 heteroatoms. The number of sulfonamides is 1. The molecule has 0 bridgehead atoms. The standard InChI is InChI=1S/C23H34N4O7S/c1-2-34-11-12-35(32,33)26-20(23(30)31)14-25-21(28)17-3-4-18-15-27(22(29)19(18)13-17)10-7-16-5-8-24-9-6-16/h3-4,13,16,20,24,26H,2,5-12,14-15H2,1H3,(H,25,28)(H,30,31)/t20-/m0/s1. The van der Waals surface area contributed by atoms with Crippen molar-refractivity contribution in [3.05, 3.63) is 34.9 Å². The molecule has 0 saturated carbocycles. The van der Waals surface area contributed by atoms with Gasteiger partial charge < -0.3 is 25.4 Å². The van der Waals surface area contributed by atoms with Crippen molar-refractivity contribution < 1.29 is 32.6 Å². The van der Waals surface area contributed by atoms with E-state index in [0.29, 0.717) is 31.2 Å². The number of nitrogens with zero attached hydrogens (tertiary/aromatic N) is 1. The summed E-state index contributed by atoms with van der Waals surface area (Å²) in [4.78, 5) is 38.8. The fourth-order valence-electron chi connectivity index (χ4n) is 4.26. The van der Waals surface area contributed by atoms with E-state index in [2.05, 4.69) is 15.4 Å². The molecular weight excluding hydrogens is 476 g/mol. The normalized spacial score (nSPS) is 17.3. The van der Waals surface area contributed by atoms with Crippen LogP contribution in [0.5, 0.6) is 0 Å². The molecule has 11 nitrogen and oxygen atoms in total. The summed E-state index contributed by atoms with van der Waals surface area (Å²) in [6.07, 6.45) is 3.17. The smallest absolute Gasteiger partial charge is 0.323 e. The van der Waals surface area contributed by atoms with Crippen LogP contribution in [0.2, 0.25) is 0 Å². The van der Waals surface area contributed by atoms with Crippen molar-refractivity contribution in [3.8, 4) is 0 Å². The molecular formula is C23H34N4O7S. The molecule has 4 N–H and O–H groups in total. The van der Waals surface area contributed by atoms with Crippen LogP contribution in [-0.4, -0.2) is 87.4 Å². The summed E-state index contributed by atoms with van der Waals surface area (Å²) in [5.74, 6) is -1.91. The number of aliphatic carboxylic acids is 1. The lowest BCUT2D eigenvalue weighted by Crippen LogP contribution is -2.49. The number of hydrogen-bond acceptors (Lipinski definition) is 7. The highest BCUT2D eigenvalue weighted by atomic mass is 32.2. The van der Waals surface area contributed by atoms with Crippen LogP contribution in [0.25, 0.3) is 0 Å². The molecule has 1 fully saturated rings. The van der Waals surface area contributed by atoms with Crippen LogP contribution in [0.3, 0.4) is 0 Å². The molecule has 194 valence electrons. The van der Waals surface area contributed by atoms with Crippen LogP contribution in [0.15, 0.2) is 18.2 Å². The molecule has 0 spiro atoms. The van der Waals surface area contributed by atoms with E-state index in [1.54, 1.807) is 24.0 Å². The Bertz CT molecular complexity index is 1020. The van der Waals surface area contributed by atoms with E-state index in [9.17, 15) is 27.9 Å². The molecule has 0 aromatic heterocycles. The molecule has 3 rings (SSSR count). The van der Waals surface area contributed by atoms with Gasteiger partial charge in [0.1, 0.15) is 6.04 Å². The second-order valence-electron chi connectivity index (χ2n) is 8.82. The van der Waals surface area contributed by atoms with Gasteiger partial charge in [-0.15, -0.1) is 0 Å². The van der Waals surface area contributed by atoms with E-state index < -0.39 is 34.5 Å². The number of carboxylic acids is 1. The number of hydrogen-bond donors (Lipinski definition) is 4. The first kappa shape index (κ1) is 27.1. The number of carboxylic acid groups (broad SMARTS) is 1. The number of carbonyl (C=O) groups is 3. The van der Waals surface area contributed by atoms with Gasteiger partial charge >= 0.3 is 5.97 Å². The van der Waals surface area contributed by atoms with Gasteiger partial charge in [0.15, 0.2) is 0 Å². The van der Waals surface area contributed by atoms with Crippen molar-refractivity contribution in [3.63, 3.8) is 0 Å². The van der Waals surface area contributed by atoms with Gasteiger partial charge in [0.05, 0.1) is 12.4 Å². The van der Waals surface area contributed by atoms with Gasteiger partial charge in [0.2, 0.25) is 10.0 Å². The number of nitrogens with one attached hydrogen (secondary N) is 3. The van der Waals surface area contributed by atoms with E-state index in [1.165, 1.54) is 6.07 Å². The number of fused-ring (bicyclic) bond motifs is 1. The van der Waals surface area contributed by atoms with E-state index in [1.807, 2.05) is 0 Å². The Kier molecular flexibility index (Phi) is 9.61. The maximum atomic E-state index is 12.9. The van der Waals surface area contributed by atoms with E-state index in [0.717, 1.165) is 37.9 Å². The van der Waals surface area contributed by atoms with Gasteiger partial charge in [-0.25, -0.2) is 8.42 Å². The molecule has 1 aromatic carbocycles. The van der Waals surface area contributed by atoms with Crippen LogP contribution < -0.4 is 15.4 Å². The lowest BCUT2D eigenvalue weighted by molar-refractivity contribution is -0.138. The van der Waals surface area contributed by atoms with Crippen LogP contribution in [-0.2, 0) is 26.1 Å². The average molecular weight is 511 g/mol. The number of benzene rings is 1.